The lowest BCUT2D eigenvalue weighted by molar-refractivity contribution is -0.120. The number of carbonyl (C=O) groups excluding carboxylic acids is 2. The molecule has 0 bridgehead atoms. The molecule has 4 N–H and O–H groups in total. The van der Waals surface area contributed by atoms with E-state index >= 15 is 0 Å². The molecule has 1 aromatic heterocycles. The number of rotatable bonds is 6. The first-order chi connectivity index (χ1) is 15.2. The molecular weight excluding hydrogens is 456 g/mol. The number of hydrogen-bond donors (Lipinski definition) is 4. The summed E-state index contributed by atoms with van der Waals surface area (Å²) in [6.07, 6.45) is 3.41. The molecule has 1 saturated carbocycles. The Bertz CT molecular complexity index is 952. The zero-order chi connectivity index (χ0) is 23.7. The second-order valence-corrected chi connectivity index (χ2v) is 9.02. The lowest BCUT2D eigenvalue weighted by atomic mass is 9.89. The van der Waals surface area contributed by atoms with Crippen LogP contribution in [-0.2, 0) is 11.3 Å². The van der Waals surface area contributed by atoms with Gasteiger partial charge in [0.2, 0.25) is 5.91 Å². The molecule has 0 spiro atoms. The zero-order valence-corrected chi connectivity index (χ0v) is 19.5. The second kappa shape index (κ2) is 12.3. The third kappa shape index (κ3) is 7.72. The van der Waals surface area contributed by atoms with E-state index in [1.807, 2.05) is 19.1 Å². The fraction of sp³-hybridized carbons (Fsp3) is 0.409. The Morgan fingerprint density at radius 3 is 2.41 bits per heavy atom. The topological polar surface area (TPSA) is 125 Å². The fourth-order valence-corrected chi connectivity index (χ4v) is 4.64. The fourth-order valence-electron chi connectivity index (χ4n) is 3.45. The lowest BCUT2D eigenvalue weighted by Gasteiger charge is -2.20. The molecule has 1 aliphatic rings. The van der Waals surface area contributed by atoms with Crippen LogP contribution < -0.4 is 15.4 Å². The number of aryl methyl sites for hydroxylation is 1. The molecule has 1 heterocycles. The van der Waals surface area contributed by atoms with Crippen molar-refractivity contribution in [2.24, 2.45) is 5.92 Å². The van der Waals surface area contributed by atoms with Gasteiger partial charge in [0.1, 0.15) is 10.8 Å². The van der Waals surface area contributed by atoms with Gasteiger partial charge in [0.05, 0.1) is 17.7 Å². The molecule has 3 rings (SSSR count). The smallest absolute Gasteiger partial charge is 0.495 e. The van der Waals surface area contributed by atoms with E-state index in [4.69, 9.17) is 31.3 Å². The monoisotopic (exact) mass is 482 g/mol. The van der Waals surface area contributed by atoms with Crippen LogP contribution in [0.2, 0.25) is 5.02 Å². The molecule has 1 aromatic carbocycles. The van der Waals surface area contributed by atoms with Gasteiger partial charge in [-0.2, -0.15) is 0 Å². The maximum Gasteiger partial charge on any atom is 0.503 e. The van der Waals surface area contributed by atoms with Crippen molar-refractivity contribution < 1.29 is 29.3 Å². The Morgan fingerprint density at radius 1 is 1.16 bits per heavy atom. The predicted octanol–water partition coefficient (Wildman–Crippen LogP) is 5.39. The van der Waals surface area contributed by atoms with Gasteiger partial charge in [0, 0.05) is 17.3 Å². The van der Waals surface area contributed by atoms with Crippen molar-refractivity contribution >= 4 is 45.9 Å². The first kappa shape index (κ1) is 25.5. The summed E-state index contributed by atoms with van der Waals surface area (Å²) in [5.41, 5.74) is 1.38. The molecule has 1 fully saturated rings. The highest BCUT2D eigenvalue weighted by atomic mass is 35.5. The summed E-state index contributed by atoms with van der Waals surface area (Å²) < 4.78 is 5.14. The third-order valence-electron chi connectivity index (χ3n) is 4.98. The van der Waals surface area contributed by atoms with Crippen LogP contribution in [0.1, 0.15) is 52.9 Å². The number of anilines is 1. The van der Waals surface area contributed by atoms with Gasteiger partial charge in [-0.05, 0) is 43.5 Å². The molecule has 0 aliphatic heterocycles. The Kier molecular flexibility index (Phi) is 9.80. The van der Waals surface area contributed by atoms with Crippen molar-refractivity contribution in [3.8, 4) is 5.75 Å². The SMILES string of the molecule is COc1ccc(CNC(=O)c2cc(C)sc2NC(=O)C2CCCCC2)cc1Cl.O=C(O)O. The second-order valence-electron chi connectivity index (χ2n) is 7.36. The van der Waals surface area contributed by atoms with Crippen LogP contribution >= 0.6 is 22.9 Å². The molecule has 0 atom stereocenters. The van der Waals surface area contributed by atoms with E-state index in [9.17, 15) is 9.59 Å². The lowest BCUT2D eigenvalue weighted by Crippen LogP contribution is -2.27. The van der Waals surface area contributed by atoms with Crippen molar-refractivity contribution in [2.75, 3.05) is 12.4 Å². The molecule has 2 aromatic rings. The van der Waals surface area contributed by atoms with Gasteiger partial charge < -0.3 is 25.6 Å². The van der Waals surface area contributed by atoms with E-state index in [0.717, 1.165) is 36.1 Å². The number of halogens is 1. The van der Waals surface area contributed by atoms with E-state index in [1.54, 1.807) is 19.2 Å². The molecule has 1 aliphatic carbocycles. The predicted molar refractivity (Wildman–Crippen MR) is 124 cm³/mol. The average molecular weight is 483 g/mol. The van der Waals surface area contributed by atoms with Gasteiger partial charge in [-0.1, -0.05) is 36.9 Å². The van der Waals surface area contributed by atoms with Crippen molar-refractivity contribution in [1.82, 2.24) is 5.32 Å². The standard InChI is InChI=1S/C21H25ClN2O3S.CH2O3/c1-13-10-16(21(28-13)24-19(25)15-6-4-3-5-7-15)20(26)23-12-14-8-9-18(27-2)17(22)11-14;2-1(3)4/h8-11,15H,3-7,12H2,1-2H3,(H,23,26)(H,24,25);(H2,2,3,4). The molecule has 0 radical (unpaired) electrons. The highest BCUT2D eigenvalue weighted by Gasteiger charge is 2.24. The molecule has 32 heavy (non-hydrogen) atoms. The number of methoxy groups -OCH3 is 1. The Morgan fingerprint density at radius 2 is 1.81 bits per heavy atom. The minimum Gasteiger partial charge on any atom is -0.495 e. The van der Waals surface area contributed by atoms with Crippen LogP contribution in [0.15, 0.2) is 24.3 Å². The average Bonchev–Trinajstić information content (AvgIpc) is 3.12. The minimum atomic E-state index is -1.83. The summed E-state index contributed by atoms with van der Waals surface area (Å²) >= 11 is 7.57. The summed E-state index contributed by atoms with van der Waals surface area (Å²) in [7, 11) is 1.56. The minimum absolute atomic E-state index is 0.0255. The van der Waals surface area contributed by atoms with Crippen molar-refractivity contribution in [3.05, 3.63) is 45.3 Å². The Hall–Kier alpha value is -2.78. The number of carboxylic acid groups (broad SMARTS) is 2. The molecule has 2 amide bonds. The van der Waals surface area contributed by atoms with Crippen molar-refractivity contribution in [2.45, 2.75) is 45.6 Å². The summed E-state index contributed by atoms with van der Waals surface area (Å²) in [6.45, 7) is 2.27. The largest absolute Gasteiger partial charge is 0.503 e. The highest BCUT2D eigenvalue weighted by molar-refractivity contribution is 7.16. The van der Waals surface area contributed by atoms with Gasteiger partial charge in [0.15, 0.2) is 0 Å². The zero-order valence-electron chi connectivity index (χ0n) is 17.9. The summed E-state index contributed by atoms with van der Waals surface area (Å²) in [5, 5.41) is 21.0. The number of ether oxygens (including phenoxy) is 1. The Balaban J connectivity index is 0.000000837. The van der Waals surface area contributed by atoms with E-state index in [2.05, 4.69) is 10.6 Å². The number of thiophene rings is 1. The highest BCUT2D eigenvalue weighted by Crippen LogP contribution is 2.31. The van der Waals surface area contributed by atoms with E-state index in [1.165, 1.54) is 17.8 Å². The maximum atomic E-state index is 12.7. The molecule has 8 nitrogen and oxygen atoms in total. The van der Waals surface area contributed by atoms with E-state index in [-0.39, 0.29) is 17.7 Å². The van der Waals surface area contributed by atoms with Gasteiger partial charge in [-0.15, -0.1) is 11.3 Å². The van der Waals surface area contributed by atoms with Crippen LogP contribution in [0.25, 0.3) is 0 Å². The number of amides is 2. The first-order valence-electron chi connectivity index (χ1n) is 10.1. The first-order valence-corrected chi connectivity index (χ1v) is 11.3. The molecule has 174 valence electrons. The van der Waals surface area contributed by atoms with Crippen LogP contribution in [0.5, 0.6) is 5.75 Å². The van der Waals surface area contributed by atoms with Crippen molar-refractivity contribution in [3.63, 3.8) is 0 Å². The van der Waals surface area contributed by atoms with Gasteiger partial charge in [-0.3, -0.25) is 9.59 Å². The van der Waals surface area contributed by atoms with Crippen LogP contribution in [0.3, 0.4) is 0 Å². The van der Waals surface area contributed by atoms with Crippen LogP contribution in [0, 0.1) is 12.8 Å². The summed E-state index contributed by atoms with van der Waals surface area (Å²) in [6, 6.07) is 7.22. The number of nitrogens with one attached hydrogen (secondary N) is 2. The number of carbonyl (C=O) groups is 3. The van der Waals surface area contributed by atoms with Crippen LogP contribution in [0.4, 0.5) is 9.80 Å². The van der Waals surface area contributed by atoms with Gasteiger partial charge in [-0.25, -0.2) is 4.79 Å². The summed E-state index contributed by atoms with van der Waals surface area (Å²) in [5.74, 6) is 0.458. The van der Waals surface area contributed by atoms with Crippen molar-refractivity contribution in [1.29, 1.82) is 0 Å². The normalized spacial score (nSPS) is 13.5. The molecule has 0 saturated heterocycles. The van der Waals surface area contributed by atoms with Gasteiger partial charge >= 0.3 is 6.16 Å². The Labute approximate surface area is 195 Å². The number of hydrogen-bond acceptors (Lipinski definition) is 5. The van der Waals surface area contributed by atoms with E-state index in [0.29, 0.717) is 27.9 Å². The van der Waals surface area contributed by atoms with Crippen LogP contribution in [-0.4, -0.2) is 35.3 Å². The maximum absolute atomic E-state index is 12.7. The molecular formula is C22H27ClN2O6S. The van der Waals surface area contributed by atoms with Gasteiger partial charge in [0.25, 0.3) is 5.91 Å². The van der Waals surface area contributed by atoms with E-state index < -0.39 is 6.16 Å². The molecule has 0 unspecified atom stereocenters. The molecule has 10 heteroatoms. The number of benzene rings is 1. The quantitative estimate of drug-likeness (QED) is 0.437. The summed E-state index contributed by atoms with van der Waals surface area (Å²) in [4.78, 5) is 34.8. The third-order valence-corrected chi connectivity index (χ3v) is 6.24.